The summed E-state index contributed by atoms with van der Waals surface area (Å²) in [6.45, 7) is 7.13. The Morgan fingerprint density at radius 1 is 1.24 bits per heavy atom. The van der Waals surface area contributed by atoms with Gasteiger partial charge in [0.2, 0.25) is 0 Å². The fourth-order valence-electron chi connectivity index (χ4n) is 8.15. The normalized spacial score (nSPS) is 44.9. The molecular formula is C25H38O4. The highest BCUT2D eigenvalue weighted by atomic mass is 16.5. The van der Waals surface area contributed by atoms with E-state index in [4.69, 9.17) is 4.74 Å². The van der Waals surface area contributed by atoms with E-state index in [2.05, 4.69) is 20.8 Å². The van der Waals surface area contributed by atoms with Crippen molar-refractivity contribution in [2.45, 2.75) is 84.7 Å². The molecule has 0 saturated heterocycles. The Bertz CT molecular complexity index is 712. The van der Waals surface area contributed by atoms with Gasteiger partial charge in [0.05, 0.1) is 13.2 Å². The smallest absolute Gasteiger partial charge is 0.305 e. The van der Waals surface area contributed by atoms with E-state index in [0.29, 0.717) is 48.9 Å². The van der Waals surface area contributed by atoms with E-state index in [-0.39, 0.29) is 28.7 Å². The van der Waals surface area contributed by atoms with Crippen LogP contribution in [0.15, 0.2) is 11.6 Å². The molecule has 3 saturated carbocycles. The third-order valence-corrected chi connectivity index (χ3v) is 9.78. The lowest BCUT2D eigenvalue weighted by Gasteiger charge is -2.59. The van der Waals surface area contributed by atoms with Crippen molar-refractivity contribution < 1.29 is 19.4 Å². The van der Waals surface area contributed by atoms with E-state index < -0.39 is 0 Å². The van der Waals surface area contributed by atoms with Gasteiger partial charge >= 0.3 is 5.97 Å². The van der Waals surface area contributed by atoms with Crippen molar-refractivity contribution in [3.8, 4) is 0 Å². The number of ketones is 1. The summed E-state index contributed by atoms with van der Waals surface area (Å²) >= 11 is 0. The van der Waals surface area contributed by atoms with Crippen molar-refractivity contribution in [1.82, 2.24) is 0 Å². The van der Waals surface area contributed by atoms with Gasteiger partial charge in [-0.2, -0.15) is 0 Å². The van der Waals surface area contributed by atoms with Crippen molar-refractivity contribution in [1.29, 1.82) is 0 Å². The molecule has 0 aromatic rings. The van der Waals surface area contributed by atoms with Gasteiger partial charge in [0.25, 0.3) is 0 Å². The summed E-state index contributed by atoms with van der Waals surface area (Å²) < 4.78 is 4.85. The van der Waals surface area contributed by atoms with Crippen molar-refractivity contribution in [3.63, 3.8) is 0 Å². The molecular weight excluding hydrogens is 364 g/mol. The number of methoxy groups -OCH3 is 1. The first kappa shape index (κ1) is 21.1. The molecule has 29 heavy (non-hydrogen) atoms. The van der Waals surface area contributed by atoms with Crippen LogP contribution in [-0.2, 0) is 14.3 Å². The predicted octanol–water partition coefficient (Wildman–Crippen LogP) is 4.69. The van der Waals surface area contributed by atoms with Crippen LogP contribution in [0.1, 0.15) is 78.6 Å². The second kappa shape index (κ2) is 7.51. The van der Waals surface area contributed by atoms with Crippen LogP contribution in [0.4, 0.5) is 0 Å². The number of hydrogen-bond donors (Lipinski definition) is 1. The molecule has 3 unspecified atom stereocenters. The lowest BCUT2D eigenvalue weighted by molar-refractivity contribution is -0.141. The first-order valence-electron chi connectivity index (χ1n) is 11.7. The molecule has 4 aliphatic rings. The minimum absolute atomic E-state index is 0.0910. The van der Waals surface area contributed by atoms with Crippen molar-refractivity contribution in [2.24, 2.45) is 40.4 Å². The summed E-state index contributed by atoms with van der Waals surface area (Å²) in [5, 5.41) is 11.2. The SMILES string of the molecule is COC(=O)CC[C@@H](C)[C@H]1CCC2C3C(CC[C@@]21C)[C@@]1(C)CCC(=O)C=C1C[C@H]3O. The van der Waals surface area contributed by atoms with Crippen molar-refractivity contribution >= 4 is 11.8 Å². The lowest BCUT2D eigenvalue weighted by Crippen LogP contribution is -2.55. The summed E-state index contributed by atoms with van der Waals surface area (Å²) in [5.41, 5.74) is 1.56. The molecule has 0 aliphatic heterocycles. The highest BCUT2D eigenvalue weighted by Gasteiger charge is 2.61. The van der Waals surface area contributed by atoms with E-state index in [0.717, 1.165) is 19.3 Å². The molecule has 0 bridgehead atoms. The monoisotopic (exact) mass is 402 g/mol. The van der Waals surface area contributed by atoms with E-state index in [1.165, 1.54) is 31.9 Å². The average molecular weight is 403 g/mol. The third-order valence-electron chi connectivity index (χ3n) is 9.78. The summed E-state index contributed by atoms with van der Waals surface area (Å²) in [6, 6.07) is 0. The summed E-state index contributed by atoms with van der Waals surface area (Å²) in [5.74, 6) is 2.64. The Labute approximate surface area is 175 Å². The fourth-order valence-corrected chi connectivity index (χ4v) is 8.15. The molecule has 0 heterocycles. The zero-order valence-corrected chi connectivity index (χ0v) is 18.6. The van der Waals surface area contributed by atoms with Crippen LogP contribution in [0.5, 0.6) is 0 Å². The maximum absolute atomic E-state index is 12.0. The van der Waals surface area contributed by atoms with Gasteiger partial charge < -0.3 is 9.84 Å². The van der Waals surface area contributed by atoms with Gasteiger partial charge in [-0.15, -0.1) is 0 Å². The van der Waals surface area contributed by atoms with Gasteiger partial charge in [-0.05, 0) is 91.4 Å². The number of rotatable bonds is 4. The Kier molecular flexibility index (Phi) is 5.46. The van der Waals surface area contributed by atoms with E-state index >= 15 is 0 Å². The molecule has 8 atom stereocenters. The van der Waals surface area contributed by atoms with Gasteiger partial charge in [0, 0.05) is 12.8 Å². The topological polar surface area (TPSA) is 63.6 Å². The second-order valence-electron chi connectivity index (χ2n) is 10.9. The first-order chi connectivity index (χ1) is 13.7. The van der Waals surface area contributed by atoms with Crippen molar-refractivity contribution in [3.05, 3.63) is 11.6 Å². The van der Waals surface area contributed by atoms with Gasteiger partial charge in [0.15, 0.2) is 5.78 Å². The quantitative estimate of drug-likeness (QED) is 0.693. The van der Waals surface area contributed by atoms with Crippen LogP contribution < -0.4 is 0 Å². The minimum Gasteiger partial charge on any atom is -0.469 e. The average Bonchev–Trinajstić information content (AvgIpc) is 3.04. The van der Waals surface area contributed by atoms with Gasteiger partial charge in [-0.25, -0.2) is 0 Å². The molecule has 0 radical (unpaired) electrons. The van der Waals surface area contributed by atoms with Crippen LogP contribution in [0.3, 0.4) is 0 Å². The zero-order chi connectivity index (χ0) is 21.0. The van der Waals surface area contributed by atoms with E-state index in [1.54, 1.807) is 0 Å². The number of hydrogen-bond acceptors (Lipinski definition) is 4. The number of ether oxygens (including phenoxy) is 1. The van der Waals surface area contributed by atoms with E-state index in [1.807, 2.05) is 6.08 Å². The molecule has 3 fully saturated rings. The number of carbonyl (C=O) groups is 2. The Hall–Kier alpha value is -1.16. The number of carbonyl (C=O) groups excluding carboxylic acids is 2. The predicted molar refractivity (Wildman–Crippen MR) is 112 cm³/mol. The Morgan fingerprint density at radius 2 is 2.00 bits per heavy atom. The second-order valence-corrected chi connectivity index (χ2v) is 10.9. The van der Waals surface area contributed by atoms with Crippen molar-refractivity contribution in [2.75, 3.05) is 7.11 Å². The molecule has 4 aliphatic carbocycles. The largest absolute Gasteiger partial charge is 0.469 e. The summed E-state index contributed by atoms with van der Waals surface area (Å²) in [4.78, 5) is 23.7. The molecule has 1 N–H and O–H groups in total. The summed E-state index contributed by atoms with van der Waals surface area (Å²) in [6.07, 6.45) is 9.98. The highest BCUT2D eigenvalue weighted by Crippen LogP contribution is 2.67. The number of esters is 1. The summed E-state index contributed by atoms with van der Waals surface area (Å²) in [7, 11) is 1.47. The Balaban J connectivity index is 1.56. The maximum atomic E-state index is 12.0. The molecule has 4 nitrogen and oxygen atoms in total. The maximum Gasteiger partial charge on any atom is 0.305 e. The highest BCUT2D eigenvalue weighted by molar-refractivity contribution is 5.91. The van der Waals surface area contributed by atoms with Gasteiger partial charge in [0.1, 0.15) is 0 Å². The van der Waals surface area contributed by atoms with Crippen LogP contribution >= 0.6 is 0 Å². The molecule has 0 amide bonds. The molecule has 162 valence electrons. The van der Waals surface area contributed by atoms with E-state index in [9.17, 15) is 14.7 Å². The fraction of sp³-hybridized carbons (Fsp3) is 0.840. The third kappa shape index (κ3) is 3.30. The molecule has 0 spiro atoms. The number of aliphatic hydroxyl groups is 1. The lowest BCUT2D eigenvalue weighted by atomic mass is 9.45. The standard InChI is InChI=1S/C25H38O4/c1-15(5-8-22(28)29-4)18-6-7-19-23-20(10-12-25(18,19)3)24(2)11-9-17(26)13-16(24)14-21(23)27/h13,15,18-21,23,27H,5-12,14H2,1-4H3/t15-,18-,19?,20?,21-,23?,24+,25-/m1/s1. The van der Waals surface area contributed by atoms with Crippen LogP contribution in [-0.4, -0.2) is 30.1 Å². The number of aliphatic hydroxyl groups excluding tert-OH is 1. The zero-order valence-electron chi connectivity index (χ0n) is 18.6. The van der Waals surface area contributed by atoms with Gasteiger partial charge in [-0.1, -0.05) is 26.3 Å². The van der Waals surface area contributed by atoms with Crippen LogP contribution in [0.25, 0.3) is 0 Å². The minimum atomic E-state index is -0.320. The van der Waals surface area contributed by atoms with Gasteiger partial charge in [-0.3, -0.25) is 9.59 Å². The Morgan fingerprint density at radius 3 is 2.72 bits per heavy atom. The molecule has 4 rings (SSSR count). The first-order valence-corrected chi connectivity index (χ1v) is 11.7. The molecule has 0 aromatic carbocycles. The number of fused-ring (bicyclic) bond motifs is 5. The molecule has 4 heteroatoms. The van der Waals surface area contributed by atoms with Crippen LogP contribution in [0, 0.1) is 40.4 Å². The molecule has 0 aromatic heterocycles. The van der Waals surface area contributed by atoms with Crippen LogP contribution in [0.2, 0.25) is 0 Å².